The Morgan fingerprint density at radius 3 is 2.80 bits per heavy atom. The number of hydrogen-bond acceptors (Lipinski definition) is 6. The summed E-state index contributed by atoms with van der Waals surface area (Å²) in [7, 11) is 1.60. The van der Waals surface area contributed by atoms with Crippen LogP contribution in [0.25, 0.3) is 11.4 Å². The average Bonchev–Trinajstić information content (AvgIpc) is 3.26. The van der Waals surface area contributed by atoms with E-state index in [-0.39, 0.29) is 12.5 Å². The molecule has 7 heteroatoms. The fraction of sp³-hybridized carbons (Fsp3) is 0.348. The van der Waals surface area contributed by atoms with Gasteiger partial charge in [0.2, 0.25) is 11.7 Å². The van der Waals surface area contributed by atoms with E-state index in [0.717, 1.165) is 24.2 Å². The van der Waals surface area contributed by atoms with Gasteiger partial charge in [0.25, 0.3) is 5.91 Å². The van der Waals surface area contributed by atoms with Gasteiger partial charge in [-0.15, -0.1) is 0 Å². The maximum Gasteiger partial charge on any atom is 0.261 e. The Kier molecular flexibility index (Phi) is 5.97. The number of amides is 1. The van der Waals surface area contributed by atoms with Crippen LogP contribution in [-0.2, 0) is 24.2 Å². The maximum absolute atomic E-state index is 12.4. The number of rotatable bonds is 7. The van der Waals surface area contributed by atoms with Crippen molar-refractivity contribution >= 4 is 5.91 Å². The summed E-state index contributed by atoms with van der Waals surface area (Å²) in [6.45, 7) is 1.86. The van der Waals surface area contributed by atoms with Crippen molar-refractivity contribution in [3.8, 4) is 22.9 Å². The number of aromatic nitrogens is 2. The molecule has 1 aliphatic rings. The molecule has 3 aromatic rings. The van der Waals surface area contributed by atoms with Crippen molar-refractivity contribution in [2.24, 2.45) is 0 Å². The standard InChI is InChI=1S/C23H25N3O4/c1-15(29-20-11-10-16-6-3-4-7-17(16)12-20)23(27)24-14-21-25-22(26-30-21)18-8-5-9-19(13-18)28-2/h5,8-13,15H,3-4,6-7,14H2,1-2H3,(H,24,27). The first-order valence-electron chi connectivity index (χ1n) is 10.2. The van der Waals surface area contributed by atoms with Crippen molar-refractivity contribution in [3.63, 3.8) is 0 Å². The third-order valence-electron chi connectivity index (χ3n) is 5.21. The molecular formula is C23H25N3O4. The molecule has 1 atom stereocenters. The largest absolute Gasteiger partial charge is 0.497 e. The molecule has 0 fully saturated rings. The smallest absolute Gasteiger partial charge is 0.261 e. The third kappa shape index (κ3) is 4.62. The zero-order valence-electron chi connectivity index (χ0n) is 17.2. The van der Waals surface area contributed by atoms with E-state index in [1.54, 1.807) is 14.0 Å². The Hall–Kier alpha value is -3.35. The number of hydrogen-bond donors (Lipinski definition) is 1. The lowest BCUT2D eigenvalue weighted by Gasteiger charge is -2.19. The Morgan fingerprint density at radius 1 is 1.13 bits per heavy atom. The Labute approximate surface area is 175 Å². The van der Waals surface area contributed by atoms with Crippen LogP contribution in [0.4, 0.5) is 0 Å². The number of methoxy groups -OCH3 is 1. The van der Waals surface area contributed by atoms with E-state index in [2.05, 4.69) is 27.6 Å². The molecule has 4 rings (SSSR count). The van der Waals surface area contributed by atoms with E-state index in [0.29, 0.717) is 17.5 Å². The summed E-state index contributed by atoms with van der Waals surface area (Å²) in [5, 5.41) is 6.75. The molecule has 1 N–H and O–H groups in total. The number of carbonyl (C=O) groups is 1. The van der Waals surface area contributed by atoms with Gasteiger partial charge in [-0.2, -0.15) is 4.98 Å². The summed E-state index contributed by atoms with van der Waals surface area (Å²) in [5.41, 5.74) is 3.48. The fourth-order valence-corrected chi connectivity index (χ4v) is 3.55. The number of benzene rings is 2. The van der Waals surface area contributed by atoms with Gasteiger partial charge in [-0.1, -0.05) is 23.4 Å². The molecule has 30 heavy (non-hydrogen) atoms. The summed E-state index contributed by atoms with van der Waals surface area (Å²) >= 11 is 0. The highest BCUT2D eigenvalue weighted by Crippen LogP contribution is 2.26. The molecule has 1 aromatic heterocycles. The van der Waals surface area contributed by atoms with Crippen molar-refractivity contribution < 1.29 is 18.8 Å². The second-order valence-electron chi connectivity index (χ2n) is 7.36. The van der Waals surface area contributed by atoms with Crippen molar-refractivity contribution in [2.75, 3.05) is 7.11 Å². The van der Waals surface area contributed by atoms with Gasteiger partial charge in [-0.25, -0.2) is 0 Å². The predicted molar refractivity (Wildman–Crippen MR) is 111 cm³/mol. The fourth-order valence-electron chi connectivity index (χ4n) is 3.55. The minimum Gasteiger partial charge on any atom is -0.497 e. The third-order valence-corrected chi connectivity index (χ3v) is 5.21. The summed E-state index contributed by atoms with van der Waals surface area (Å²) in [6.07, 6.45) is 4.00. The zero-order valence-corrected chi connectivity index (χ0v) is 17.2. The van der Waals surface area contributed by atoms with Gasteiger partial charge in [0, 0.05) is 5.56 Å². The van der Waals surface area contributed by atoms with E-state index in [1.165, 1.54) is 24.0 Å². The minimum absolute atomic E-state index is 0.133. The highest BCUT2D eigenvalue weighted by Gasteiger charge is 2.18. The molecule has 1 heterocycles. The van der Waals surface area contributed by atoms with E-state index in [9.17, 15) is 4.79 Å². The van der Waals surface area contributed by atoms with Crippen molar-refractivity contribution in [2.45, 2.75) is 45.3 Å². The number of aryl methyl sites for hydroxylation is 2. The molecule has 0 radical (unpaired) electrons. The molecule has 1 aliphatic carbocycles. The van der Waals surface area contributed by atoms with Crippen LogP contribution < -0.4 is 14.8 Å². The van der Waals surface area contributed by atoms with Crippen LogP contribution in [0.3, 0.4) is 0 Å². The topological polar surface area (TPSA) is 86.5 Å². The van der Waals surface area contributed by atoms with E-state index in [1.807, 2.05) is 30.3 Å². The molecule has 0 saturated carbocycles. The molecule has 1 unspecified atom stereocenters. The molecule has 1 amide bonds. The predicted octanol–water partition coefficient (Wildman–Crippen LogP) is 3.71. The van der Waals surface area contributed by atoms with Gasteiger partial charge >= 0.3 is 0 Å². The summed E-state index contributed by atoms with van der Waals surface area (Å²) in [5.74, 6) is 1.95. The number of nitrogens with zero attached hydrogens (tertiary/aromatic N) is 2. The van der Waals surface area contributed by atoms with Gasteiger partial charge < -0.3 is 19.3 Å². The number of nitrogens with one attached hydrogen (secondary N) is 1. The minimum atomic E-state index is -0.632. The molecule has 7 nitrogen and oxygen atoms in total. The molecule has 2 aromatic carbocycles. The Morgan fingerprint density at radius 2 is 1.97 bits per heavy atom. The lowest BCUT2D eigenvalue weighted by molar-refractivity contribution is -0.127. The van der Waals surface area contributed by atoms with Gasteiger partial charge in [0.1, 0.15) is 11.5 Å². The van der Waals surface area contributed by atoms with Crippen molar-refractivity contribution in [1.82, 2.24) is 15.5 Å². The first-order valence-corrected chi connectivity index (χ1v) is 10.2. The van der Waals surface area contributed by atoms with Crippen LogP contribution in [-0.4, -0.2) is 29.3 Å². The van der Waals surface area contributed by atoms with Gasteiger partial charge in [0.05, 0.1) is 13.7 Å². The van der Waals surface area contributed by atoms with E-state index in [4.69, 9.17) is 14.0 Å². The van der Waals surface area contributed by atoms with Crippen LogP contribution in [0.5, 0.6) is 11.5 Å². The molecule has 0 aliphatic heterocycles. The first-order chi connectivity index (χ1) is 14.6. The van der Waals surface area contributed by atoms with Gasteiger partial charge in [0.15, 0.2) is 6.10 Å². The number of carbonyl (C=O) groups excluding carboxylic acids is 1. The normalized spacial score (nSPS) is 13.9. The lowest BCUT2D eigenvalue weighted by Crippen LogP contribution is -2.36. The van der Waals surface area contributed by atoms with Crippen LogP contribution in [0.2, 0.25) is 0 Å². The van der Waals surface area contributed by atoms with Crippen molar-refractivity contribution in [3.05, 3.63) is 59.5 Å². The average molecular weight is 407 g/mol. The summed E-state index contributed by atoms with van der Waals surface area (Å²) in [4.78, 5) is 16.8. The first kappa shape index (κ1) is 19.9. The highest BCUT2D eigenvalue weighted by atomic mass is 16.5. The quantitative estimate of drug-likeness (QED) is 0.643. The highest BCUT2D eigenvalue weighted by molar-refractivity contribution is 5.80. The van der Waals surface area contributed by atoms with Gasteiger partial charge in [-0.3, -0.25) is 4.79 Å². The summed E-state index contributed by atoms with van der Waals surface area (Å²) < 4.78 is 16.3. The molecule has 0 spiro atoms. The molecular weight excluding hydrogens is 382 g/mol. The molecule has 156 valence electrons. The Bertz CT molecular complexity index is 1030. The maximum atomic E-state index is 12.4. The monoisotopic (exact) mass is 407 g/mol. The number of ether oxygens (including phenoxy) is 2. The second-order valence-corrected chi connectivity index (χ2v) is 7.36. The summed E-state index contributed by atoms with van der Waals surface area (Å²) in [6, 6.07) is 13.5. The van der Waals surface area contributed by atoms with Crippen LogP contribution in [0.1, 0.15) is 36.8 Å². The van der Waals surface area contributed by atoms with Crippen molar-refractivity contribution in [1.29, 1.82) is 0 Å². The Balaban J connectivity index is 1.32. The number of fused-ring (bicyclic) bond motifs is 1. The molecule has 0 saturated heterocycles. The van der Waals surface area contributed by atoms with E-state index < -0.39 is 6.10 Å². The van der Waals surface area contributed by atoms with E-state index >= 15 is 0 Å². The zero-order chi connectivity index (χ0) is 20.9. The lowest BCUT2D eigenvalue weighted by atomic mass is 9.92. The SMILES string of the molecule is COc1cccc(-c2noc(CNC(=O)C(C)Oc3ccc4c(c3)CCCC4)n2)c1. The van der Waals surface area contributed by atoms with Gasteiger partial charge in [-0.05, 0) is 68.0 Å². The molecule has 0 bridgehead atoms. The van der Waals surface area contributed by atoms with Crippen LogP contribution >= 0.6 is 0 Å². The second kappa shape index (κ2) is 8.98. The van der Waals surface area contributed by atoms with Crippen LogP contribution in [0.15, 0.2) is 47.0 Å². The van der Waals surface area contributed by atoms with Crippen LogP contribution in [0, 0.1) is 0 Å².